The molecule has 1 N–H and O–H groups in total. The predicted molar refractivity (Wildman–Crippen MR) is 65.4 cm³/mol. The Morgan fingerprint density at radius 3 is 2.67 bits per heavy atom. The first-order chi connectivity index (χ1) is 8.63. The van der Waals surface area contributed by atoms with Crippen LogP contribution in [0.15, 0.2) is 28.8 Å². The number of aryl methyl sites for hydroxylation is 1. The third-order valence-corrected chi connectivity index (χ3v) is 2.63. The molecule has 0 aliphatic carbocycles. The van der Waals surface area contributed by atoms with E-state index in [4.69, 9.17) is 4.52 Å². The minimum atomic E-state index is -0.207. The maximum Gasteiger partial charge on any atom is 0.223 e. The highest BCUT2D eigenvalue weighted by Crippen LogP contribution is 2.06. The lowest BCUT2D eigenvalue weighted by atomic mass is 10.1. The molecule has 1 unspecified atom stereocenters. The van der Waals surface area contributed by atoms with Gasteiger partial charge in [-0.25, -0.2) is 4.39 Å². The van der Waals surface area contributed by atoms with Crippen LogP contribution in [-0.2, 0) is 13.0 Å². The van der Waals surface area contributed by atoms with Crippen LogP contribution in [0.4, 0.5) is 4.39 Å². The number of aromatic nitrogens is 2. The quantitative estimate of drug-likeness (QED) is 0.883. The molecule has 96 valence electrons. The van der Waals surface area contributed by atoms with Crippen molar-refractivity contribution in [3.63, 3.8) is 0 Å². The van der Waals surface area contributed by atoms with E-state index in [9.17, 15) is 4.39 Å². The van der Waals surface area contributed by atoms with Crippen molar-refractivity contribution in [2.75, 3.05) is 0 Å². The highest BCUT2D eigenvalue weighted by atomic mass is 19.1. The van der Waals surface area contributed by atoms with Crippen molar-refractivity contribution >= 4 is 0 Å². The zero-order chi connectivity index (χ0) is 13.0. The van der Waals surface area contributed by atoms with Gasteiger partial charge in [-0.15, -0.1) is 0 Å². The Kier molecular flexibility index (Phi) is 4.04. The van der Waals surface area contributed by atoms with Gasteiger partial charge < -0.3 is 9.84 Å². The molecule has 2 aromatic rings. The predicted octanol–water partition coefficient (Wildman–Crippen LogP) is 2.24. The summed E-state index contributed by atoms with van der Waals surface area (Å²) < 4.78 is 17.6. The summed E-state index contributed by atoms with van der Waals surface area (Å²) in [5, 5.41) is 7.10. The molecule has 1 heterocycles. The Morgan fingerprint density at radius 1 is 1.33 bits per heavy atom. The minimum Gasteiger partial charge on any atom is -0.340 e. The van der Waals surface area contributed by atoms with Gasteiger partial charge in [0, 0.05) is 13.0 Å². The monoisotopic (exact) mass is 249 g/mol. The van der Waals surface area contributed by atoms with E-state index < -0.39 is 0 Å². The second-order valence-electron chi connectivity index (χ2n) is 4.34. The second kappa shape index (κ2) is 5.73. The topological polar surface area (TPSA) is 51.0 Å². The number of benzene rings is 1. The van der Waals surface area contributed by atoms with Crippen LogP contribution < -0.4 is 5.32 Å². The van der Waals surface area contributed by atoms with Crippen LogP contribution in [0.25, 0.3) is 0 Å². The van der Waals surface area contributed by atoms with Crippen molar-refractivity contribution in [1.29, 1.82) is 0 Å². The van der Waals surface area contributed by atoms with E-state index in [2.05, 4.69) is 22.4 Å². The highest BCUT2D eigenvalue weighted by molar-refractivity contribution is 5.17. The molecule has 1 atom stereocenters. The standard InChI is InChI=1S/C13H16FN3O/c1-9(7-11-3-5-12(14)6-4-11)15-8-13-16-10(2)18-17-13/h3-6,9,15H,7-8H2,1-2H3. The largest absolute Gasteiger partial charge is 0.340 e. The molecule has 0 spiro atoms. The fourth-order valence-electron chi connectivity index (χ4n) is 1.72. The number of halogens is 1. The number of rotatable bonds is 5. The third kappa shape index (κ3) is 3.63. The molecule has 0 amide bonds. The van der Waals surface area contributed by atoms with E-state index in [1.54, 1.807) is 19.1 Å². The van der Waals surface area contributed by atoms with Gasteiger partial charge in [0.15, 0.2) is 5.82 Å². The zero-order valence-electron chi connectivity index (χ0n) is 10.5. The average Bonchev–Trinajstić information content (AvgIpc) is 2.76. The molecule has 1 aromatic heterocycles. The van der Waals surface area contributed by atoms with E-state index in [0.717, 1.165) is 12.0 Å². The molecule has 2 rings (SSSR count). The summed E-state index contributed by atoms with van der Waals surface area (Å²) in [4.78, 5) is 4.11. The van der Waals surface area contributed by atoms with Gasteiger partial charge >= 0.3 is 0 Å². The van der Waals surface area contributed by atoms with Crippen molar-refractivity contribution < 1.29 is 8.91 Å². The van der Waals surface area contributed by atoms with Gasteiger partial charge in [0.05, 0.1) is 6.54 Å². The fraction of sp³-hybridized carbons (Fsp3) is 0.385. The SMILES string of the molecule is Cc1nc(CNC(C)Cc2ccc(F)cc2)no1. The Morgan fingerprint density at radius 2 is 2.06 bits per heavy atom. The molecule has 0 saturated carbocycles. The molecule has 18 heavy (non-hydrogen) atoms. The molecule has 1 aromatic carbocycles. The van der Waals surface area contributed by atoms with Gasteiger partial charge in [-0.2, -0.15) is 4.98 Å². The Hall–Kier alpha value is -1.75. The van der Waals surface area contributed by atoms with Gasteiger partial charge in [0.1, 0.15) is 5.82 Å². The first-order valence-corrected chi connectivity index (χ1v) is 5.90. The van der Waals surface area contributed by atoms with Crippen LogP contribution in [0.1, 0.15) is 24.2 Å². The highest BCUT2D eigenvalue weighted by Gasteiger charge is 2.06. The molecule has 5 heteroatoms. The van der Waals surface area contributed by atoms with Crippen molar-refractivity contribution in [3.05, 3.63) is 47.4 Å². The first-order valence-electron chi connectivity index (χ1n) is 5.90. The fourth-order valence-corrected chi connectivity index (χ4v) is 1.72. The number of hydrogen-bond acceptors (Lipinski definition) is 4. The molecular weight excluding hydrogens is 233 g/mol. The van der Waals surface area contributed by atoms with Gasteiger partial charge in [0.2, 0.25) is 5.89 Å². The summed E-state index contributed by atoms with van der Waals surface area (Å²) in [5.41, 5.74) is 1.10. The zero-order valence-corrected chi connectivity index (χ0v) is 10.5. The number of nitrogens with one attached hydrogen (secondary N) is 1. The van der Waals surface area contributed by atoms with Crippen LogP contribution >= 0.6 is 0 Å². The smallest absolute Gasteiger partial charge is 0.223 e. The first kappa shape index (κ1) is 12.7. The molecule has 0 fully saturated rings. The summed E-state index contributed by atoms with van der Waals surface area (Å²) in [6.07, 6.45) is 0.830. The Bertz CT molecular complexity index is 495. The van der Waals surface area contributed by atoms with Crippen LogP contribution in [0.5, 0.6) is 0 Å². The third-order valence-electron chi connectivity index (χ3n) is 2.63. The molecular formula is C13H16FN3O. The van der Waals surface area contributed by atoms with Crippen molar-refractivity contribution in [1.82, 2.24) is 15.5 Å². The van der Waals surface area contributed by atoms with Crippen LogP contribution in [0, 0.1) is 12.7 Å². The van der Waals surface area contributed by atoms with Crippen LogP contribution in [-0.4, -0.2) is 16.2 Å². The molecule has 0 saturated heterocycles. The molecule has 4 nitrogen and oxygen atoms in total. The summed E-state index contributed by atoms with van der Waals surface area (Å²) in [6, 6.07) is 6.81. The number of nitrogens with zero attached hydrogens (tertiary/aromatic N) is 2. The van der Waals surface area contributed by atoms with E-state index in [0.29, 0.717) is 18.3 Å². The van der Waals surface area contributed by atoms with E-state index in [1.165, 1.54) is 12.1 Å². The molecule has 0 bridgehead atoms. The summed E-state index contributed by atoms with van der Waals surface area (Å²) in [7, 11) is 0. The Balaban J connectivity index is 1.81. The molecule has 0 aliphatic heterocycles. The van der Waals surface area contributed by atoms with Gasteiger partial charge in [-0.05, 0) is 31.0 Å². The van der Waals surface area contributed by atoms with Gasteiger partial charge in [0.25, 0.3) is 0 Å². The maximum atomic E-state index is 12.8. The van der Waals surface area contributed by atoms with Crippen molar-refractivity contribution in [3.8, 4) is 0 Å². The van der Waals surface area contributed by atoms with Crippen LogP contribution in [0.2, 0.25) is 0 Å². The van der Waals surface area contributed by atoms with Gasteiger partial charge in [-0.3, -0.25) is 0 Å². The Labute approximate surface area is 105 Å². The molecule has 0 radical (unpaired) electrons. The van der Waals surface area contributed by atoms with Crippen molar-refractivity contribution in [2.45, 2.75) is 32.9 Å². The van der Waals surface area contributed by atoms with Crippen LogP contribution in [0.3, 0.4) is 0 Å². The minimum absolute atomic E-state index is 0.207. The lowest BCUT2D eigenvalue weighted by molar-refractivity contribution is 0.383. The lowest BCUT2D eigenvalue weighted by Gasteiger charge is -2.12. The van der Waals surface area contributed by atoms with E-state index in [1.807, 2.05) is 0 Å². The number of hydrogen-bond donors (Lipinski definition) is 1. The lowest BCUT2D eigenvalue weighted by Crippen LogP contribution is -2.28. The average molecular weight is 249 g/mol. The molecule has 0 aliphatic rings. The van der Waals surface area contributed by atoms with Gasteiger partial charge in [-0.1, -0.05) is 17.3 Å². The van der Waals surface area contributed by atoms with Crippen molar-refractivity contribution in [2.24, 2.45) is 0 Å². The summed E-state index contributed by atoms with van der Waals surface area (Å²) >= 11 is 0. The normalized spacial score (nSPS) is 12.6. The maximum absolute atomic E-state index is 12.8. The van der Waals surface area contributed by atoms with E-state index in [-0.39, 0.29) is 11.9 Å². The second-order valence-corrected chi connectivity index (χ2v) is 4.34. The summed E-state index contributed by atoms with van der Waals surface area (Å²) in [6.45, 7) is 4.40. The van der Waals surface area contributed by atoms with E-state index >= 15 is 0 Å². The summed E-state index contributed by atoms with van der Waals surface area (Å²) in [5.74, 6) is 1.01.